The molecule has 0 fully saturated rings. The molecule has 9 heteroatoms. The lowest BCUT2D eigenvalue weighted by Crippen LogP contribution is -2.23. The maximum absolute atomic E-state index is 12.2. The van der Waals surface area contributed by atoms with Crippen molar-refractivity contribution in [3.8, 4) is 11.5 Å². The molecule has 2 aromatic heterocycles. The molecule has 0 spiro atoms. The zero-order valence-corrected chi connectivity index (χ0v) is 15.0. The number of amides is 1. The molecular formula is C19H12ClN3O5. The second-order valence-electron chi connectivity index (χ2n) is 5.94. The lowest BCUT2D eigenvalue weighted by molar-refractivity contribution is -0.384. The Morgan fingerprint density at radius 3 is 2.75 bits per heavy atom. The fourth-order valence-electron chi connectivity index (χ4n) is 2.68. The maximum atomic E-state index is 12.2. The molecule has 1 amide bonds. The van der Waals surface area contributed by atoms with E-state index in [1.54, 1.807) is 6.07 Å². The largest absolute Gasteiger partial charge is 0.453 e. The molecule has 2 heterocycles. The molecule has 28 heavy (non-hydrogen) atoms. The first-order valence-electron chi connectivity index (χ1n) is 8.18. The number of nitro groups is 1. The Morgan fingerprint density at radius 1 is 1.14 bits per heavy atom. The van der Waals surface area contributed by atoms with Gasteiger partial charge in [-0.1, -0.05) is 35.0 Å². The highest BCUT2D eigenvalue weighted by Gasteiger charge is 2.17. The molecule has 4 aromatic rings. The van der Waals surface area contributed by atoms with Crippen LogP contribution in [0.3, 0.4) is 0 Å². The fourth-order valence-corrected chi connectivity index (χ4v) is 2.87. The van der Waals surface area contributed by atoms with Crippen LogP contribution >= 0.6 is 11.6 Å². The van der Waals surface area contributed by atoms with Crippen LogP contribution in [0.2, 0.25) is 5.02 Å². The Morgan fingerprint density at radius 2 is 1.96 bits per heavy atom. The predicted octanol–water partition coefficient (Wildman–Crippen LogP) is 4.58. The number of halogens is 1. The Kier molecular flexibility index (Phi) is 4.54. The topological polar surface area (TPSA) is 111 Å². The summed E-state index contributed by atoms with van der Waals surface area (Å²) in [6, 6.07) is 14.9. The zero-order chi connectivity index (χ0) is 19.7. The summed E-state index contributed by atoms with van der Waals surface area (Å²) in [6.07, 6.45) is 0. The van der Waals surface area contributed by atoms with E-state index in [9.17, 15) is 14.9 Å². The summed E-state index contributed by atoms with van der Waals surface area (Å²) < 4.78 is 11.0. The van der Waals surface area contributed by atoms with Crippen LogP contribution in [0, 0.1) is 10.1 Å². The molecule has 8 nitrogen and oxygen atoms in total. The molecule has 0 bridgehead atoms. The number of benzene rings is 2. The van der Waals surface area contributed by atoms with Gasteiger partial charge in [-0.3, -0.25) is 14.9 Å². The number of aromatic nitrogens is 1. The number of hydrogen-bond donors (Lipinski definition) is 1. The number of hydrogen-bond acceptors (Lipinski definition) is 6. The highest BCUT2D eigenvalue weighted by atomic mass is 35.5. The van der Waals surface area contributed by atoms with Gasteiger partial charge in [-0.2, -0.15) is 0 Å². The van der Waals surface area contributed by atoms with Gasteiger partial charge in [-0.05, 0) is 24.3 Å². The Bertz CT molecular complexity index is 1160. The Balaban J connectivity index is 1.46. The quantitative estimate of drug-likeness (QED) is 0.389. The van der Waals surface area contributed by atoms with E-state index in [-0.39, 0.29) is 22.8 Å². The first kappa shape index (κ1) is 17.7. The molecule has 0 atom stereocenters. The number of nitrogens with one attached hydrogen (secondary N) is 1. The van der Waals surface area contributed by atoms with E-state index in [4.69, 9.17) is 20.5 Å². The molecule has 1 N–H and O–H groups in total. The molecular weight excluding hydrogens is 386 g/mol. The summed E-state index contributed by atoms with van der Waals surface area (Å²) in [4.78, 5) is 22.5. The molecule has 0 radical (unpaired) electrons. The van der Waals surface area contributed by atoms with E-state index >= 15 is 0 Å². The Labute approximate surface area is 162 Å². The van der Waals surface area contributed by atoms with Crippen LogP contribution in [0.25, 0.3) is 22.5 Å². The van der Waals surface area contributed by atoms with Gasteiger partial charge < -0.3 is 14.3 Å². The minimum Gasteiger partial charge on any atom is -0.453 e. The summed E-state index contributed by atoms with van der Waals surface area (Å²) in [5, 5.41) is 18.4. The van der Waals surface area contributed by atoms with E-state index in [0.29, 0.717) is 17.2 Å². The first-order chi connectivity index (χ1) is 13.5. The van der Waals surface area contributed by atoms with Crippen molar-refractivity contribution in [2.24, 2.45) is 0 Å². The number of nitro benzene ring substituents is 1. The van der Waals surface area contributed by atoms with Crippen LogP contribution in [0.5, 0.6) is 0 Å². The van der Waals surface area contributed by atoms with E-state index in [1.165, 1.54) is 12.1 Å². The minimum atomic E-state index is -0.643. The highest BCUT2D eigenvalue weighted by Crippen LogP contribution is 2.28. The van der Waals surface area contributed by atoms with Gasteiger partial charge in [0.1, 0.15) is 16.3 Å². The lowest BCUT2D eigenvalue weighted by atomic mass is 10.2. The van der Waals surface area contributed by atoms with Crippen molar-refractivity contribution in [3.63, 3.8) is 0 Å². The van der Waals surface area contributed by atoms with Crippen molar-refractivity contribution >= 4 is 34.2 Å². The van der Waals surface area contributed by atoms with Gasteiger partial charge in [0.05, 0.1) is 11.5 Å². The monoisotopic (exact) mass is 397 g/mol. The molecule has 0 aliphatic carbocycles. The van der Waals surface area contributed by atoms with Crippen molar-refractivity contribution in [1.82, 2.24) is 10.5 Å². The van der Waals surface area contributed by atoms with Gasteiger partial charge in [-0.25, -0.2) is 0 Å². The molecule has 0 saturated carbocycles. The molecule has 140 valence electrons. The van der Waals surface area contributed by atoms with Crippen molar-refractivity contribution in [2.45, 2.75) is 6.54 Å². The number of carbonyl (C=O) groups is 1. The molecule has 0 saturated heterocycles. The van der Waals surface area contributed by atoms with Crippen LogP contribution < -0.4 is 5.32 Å². The summed E-state index contributed by atoms with van der Waals surface area (Å²) in [5.41, 5.74) is 1.00. The van der Waals surface area contributed by atoms with E-state index in [2.05, 4.69) is 10.5 Å². The SMILES string of the molecule is O=C(NCc1cc(-c2cc3ccccc3o2)on1)c1ccc(Cl)c([N+](=O)[O-])c1. The van der Waals surface area contributed by atoms with Gasteiger partial charge in [0.2, 0.25) is 5.76 Å². The maximum Gasteiger partial charge on any atom is 0.288 e. The van der Waals surface area contributed by atoms with E-state index in [0.717, 1.165) is 17.0 Å². The van der Waals surface area contributed by atoms with Gasteiger partial charge in [0.25, 0.3) is 11.6 Å². The lowest BCUT2D eigenvalue weighted by Gasteiger charge is -2.03. The molecule has 0 unspecified atom stereocenters. The number of rotatable bonds is 5. The fraction of sp³-hybridized carbons (Fsp3) is 0.0526. The average Bonchev–Trinajstić information content (AvgIpc) is 3.32. The molecule has 0 aliphatic heterocycles. The summed E-state index contributed by atoms with van der Waals surface area (Å²) >= 11 is 5.75. The second-order valence-corrected chi connectivity index (χ2v) is 6.34. The van der Waals surface area contributed by atoms with Crippen molar-refractivity contribution in [1.29, 1.82) is 0 Å². The summed E-state index contributed by atoms with van der Waals surface area (Å²) in [6.45, 7) is 0.0823. The molecule has 4 rings (SSSR count). The van der Waals surface area contributed by atoms with Crippen LogP contribution in [-0.2, 0) is 6.54 Å². The number of nitrogens with zero attached hydrogens (tertiary/aromatic N) is 2. The highest BCUT2D eigenvalue weighted by molar-refractivity contribution is 6.32. The number of carbonyl (C=O) groups excluding carboxylic acids is 1. The smallest absolute Gasteiger partial charge is 0.288 e. The van der Waals surface area contributed by atoms with Gasteiger partial charge in [0.15, 0.2) is 5.76 Å². The van der Waals surface area contributed by atoms with Crippen molar-refractivity contribution in [3.05, 3.63) is 81.0 Å². The van der Waals surface area contributed by atoms with Gasteiger partial charge in [-0.15, -0.1) is 0 Å². The second kappa shape index (κ2) is 7.16. The average molecular weight is 398 g/mol. The third-order valence-corrected chi connectivity index (χ3v) is 4.38. The van der Waals surface area contributed by atoms with E-state index in [1.807, 2.05) is 30.3 Å². The van der Waals surface area contributed by atoms with Gasteiger partial charge >= 0.3 is 0 Å². The third-order valence-electron chi connectivity index (χ3n) is 4.06. The van der Waals surface area contributed by atoms with Crippen LogP contribution in [-0.4, -0.2) is 16.0 Å². The van der Waals surface area contributed by atoms with Crippen molar-refractivity contribution < 1.29 is 18.7 Å². The third kappa shape index (κ3) is 3.45. The van der Waals surface area contributed by atoms with Crippen LogP contribution in [0.15, 0.2) is 63.5 Å². The zero-order valence-electron chi connectivity index (χ0n) is 14.2. The number of fused-ring (bicyclic) bond motifs is 1. The molecule has 0 aliphatic rings. The first-order valence-corrected chi connectivity index (χ1v) is 8.56. The van der Waals surface area contributed by atoms with Crippen LogP contribution in [0.4, 0.5) is 5.69 Å². The summed E-state index contributed by atoms with van der Waals surface area (Å²) in [7, 11) is 0. The standard InChI is InChI=1S/C19H12ClN3O5/c20-14-6-5-12(7-15(14)23(25)26)19(24)21-10-13-9-18(28-22-13)17-8-11-3-1-2-4-16(11)27-17/h1-9H,10H2,(H,21,24). The minimum absolute atomic E-state index is 0.0338. The van der Waals surface area contributed by atoms with Crippen LogP contribution in [0.1, 0.15) is 16.1 Å². The number of para-hydroxylation sites is 1. The van der Waals surface area contributed by atoms with E-state index < -0.39 is 10.8 Å². The Hall–Kier alpha value is -3.65. The summed E-state index contributed by atoms with van der Waals surface area (Å²) in [5.74, 6) is 0.468. The number of furan rings is 1. The molecule has 2 aromatic carbocycles. The van der Waals surface area contributed by atoms with Gasteiger partial charge in [0, 0.05) is 23.1 Å². The normalized spacial score (nSPS) is 10.9. The predicted molar refractivity (Wildman–Crippen MR) is 101 cm³/mol. The van der Waals surface area contributed by atoms with Crippen molar-refractivity contribution in [2.75, 3.05) is 0 Å².